The van der Waals surface area contributed by atoms with Crippen LogP contribution >= 0.6 is 0 Å². The fourth-order valence-corrected chi connectivity index (χ4v) is 3.60. The molecule has 0 spiro atoms. The molecule has 106 valence electrons. The number of aliphatic hydroxyl groups is 1. The van der Waals surface area contributed by atoms with Gasteiger partial charge in [-0.3, -0.25) is 0 Å². The molecule has 1 N–H and O–H groups in total. The maximum Gasteiger partial charge on any atom is 0.129 e. The normalized spacial score (nSPS) is 23.7. The van der Waals surface area contributed by atoms with Gasteiger partial charge in [0.05, 0.1) is 11.5 Å². The summed E-state index contributed by atoms with van der Waals surface area (Å²) in [7, 11) is 0. The van der Waals surface area contributed by atoms with Crippen LogP contribution < -0.4 is 4.74 Å². The van der Waals surface area contributed by atoms with Gasteiger partial charge in [0.2, 0.25) is 0 Å². The molecule has 0 bridgehead atoms. The lowest BCUT2D eigenvalue weighted by atomic mass is 9.78. The molecule has 3 nitrogen and oxygen atoms in total. The van der Waals surface area contributed by atoms with E-state index in [0.717, 1.165) is 49.0 Å². The highest BCUT2D eigenvalue weighted by atomic mass is 16.5. The Morgan fingerprint density at radius 3 is 2.65 bits per heavy atom. The van der Waals surface area contributed by atoms with E-state index in [1.165, 1.54) is 0 Å². The Morgan fingerprint density at radius 1 is 1.30 bits per heavy atom. The third kappa shape index (κ3) is 1.99. The van der Waals surface area contributed by atoms with Crippen LogP contribution in [0.5, 0.6) is 5.75 Å². The zero-order chi connectivity index (χ0) is 14.4. The van der Waals surface area contributed by atoms with E-state index in [1.54, 1.807) is 0 Å². The van der Waals surface area contributed by atoms with Crippen molar-refractivity contribution < 1.29 is 9.84 Å². The monoisotopic (exact) mass is 271 g/mol. The van der Waals surface area contributed by atoms with Crippen molar-refractivity contribution in [1.29, 1.82) is 5.26 Å². The summed E-state index contributed by atoms with van der Waals surface area (Å²) >= 11 is 0. The van der Waals surface area contributed by atoms with E-state index in [-0.39, 0.29) is 5.60 Å². The molecule has 1 aromatic carbocycles. The predicted octanol–water partition coefficient (Wildman–Crippen LogP) is 3.52. The van der Waals surface area contributed by atoms with Crippen LogP contribution in [0.1, 0.15) is 56.8 Å². The van der Waals surface area contributed by atoms with Crippen molar-refractivity contribution in [2.75, 3.05) is 0 Å². The second kappa shape index (κ2) is 4.49. The molecule has 1 aromatic rings. The maximum atomic E-state index is 10.8. The predicted molar refractivity (Wildman–Crippen MR) is 76.3 cm³/mol. The summed E-state index contributed by atoms with van der Waals surface area (Å²) in [6, 6.07) is 8.30. The molecule has 20 heavy (non-hydrogen) atoms. The Kier molecular flexibility index (Phi) is 3.02. The number of aliphatic hydroxyl groups excluding tert-OH is 1. The van der Waals surface area contributed by atoms with Crippen molar-refractivity contribution in [2.45, 2.75) is 57.7 Å². The Balaban J connectivity index is 2.01. The fraction of sp³-hybridized carbons (Fsp3) is 0.588. The first-order chi connectivity index (χ1) is 9.47. The third-order valence-corrected chi connectivity index (χ3v) is 4.66. The van der Waals surface area contributed by atoms with Gasteiger partial charge < -0.3 is 9.84 Å². The summed E-state index contributed by atoms with van der Waals surface area (Å²) in [5, 5.41) is 20.4. The molecule has 0 radical (unpaired) electrons. The van der Waals surface area contributed by atoms with Crippen molar-refractivity contribution in [1.82, 2.24) is 0 Å². The Hall–Kier alpha value is -1.53. The van der Waals surface area contributed by atoms with E-state index in [2.05, 4.69) is 19.9 Å². The maximum absolute atomic E-state index is 10.8. The molecule has 1 aliphatic heterocycles. The Bertz CT molecular complexity index is 565. The molecule has 0 amide bonds. The zero-order valence-electron chi connectivity index (χ0n) is 12.1. The highest BCUT2D eigenvalue weighted by Gasteiger charge is 2.44. The smallest absolute Gasteiger partial charge is 0.129 e. The SMILES string of the molecule is CC1(C)Cc2cccc(C(O)C3(C#N)CCCC3)c2O1. The van der Waals surface area contributed by atoms with Gasteiger partial charge in [-0.15, -0.1) is 0 Å². The largest absolute Gasteiger partial charge is 0.487 e. The third-order valence-electron chi connectivity index (χ3n) is 4.66. The summed E-state index contributed by atoms with van der Waals surface area (Å²) in [4.78, 5) is 0. The van der Waals surface area contributed by atoms with Gasteiger partial charge in [-0.1, -0.05) is 31.0 Å². The van der Waals surface area contributed by atoms with Crippen LogP contribution in [0.2, 0.25) is 0 Å². The van der Waals surface area contributed by atoms with Gasteiger partial charge in [-0.2, -0.15) is 5.26 Å². The van der Waals surface area contributed by atoms with Crippen molar-refractivity contribution >= 4 is 0 Å². The number of benzene rings is 1. The fourth-order valence-electron chi connectivity index (χ4n) is 3.60. The van der Waals surface area contributed by atoms with Crippen LogP contribution in [0.15, 0.2) is 18.2 Å². The number of nitrogens with zero attached hydrogens (tertiary/aromatic N) is 1. The molecule has 1 aliphatic carbocycles. The molecule has 1 heterocycles. The quantitative estimate of drug-likeness (QED) is 0.895. The first kappa shape index (κ1) is 13.5. The van der Waals surface area contributed by atoms with E-state index in [9.17, 15) is 10.4 Å². The molecule has 3 heteroatoms. The molecule has 0 aromatic heterocycles. The number of ether oxygens (including phenoxy) is 1. The van der Waals surface area contributed by atoms with Gasteiger partial charge in [0, 0.05) is 12.0 Å². The molecular weight excluding hydrogens is 250 g/mol. The summed E-state index contributed by atoms with van der Waals surface area (Å²) in [5.41, 5.74) is 1.06. The summed E-state index contributed by atoms with van der Waals surface area (Å²) < 4.78 is 6.03. The van der Waals surface area contributed by atoms with Crippen LogP contribution in [0.3, 0.4) is 0 Å². The molecule has 3 rings (SSSR count). The van der Waals surface area contributed by atoms with E-state index < -0.39 is 11.5 Å². The van der Waals surface area contributed by atoms with Crippen molar-refractivity contribution in [3.05, 3.63) is 29.3 Å². The lowest BCUT2D eigenvalue weighted by Gasteiger charge is -2.28. The van der Waals surface area contributed by atoms with Crippen molar-refractivity contribution in [3.63, 3.8) is 0 Å². The molecule has 0 saturated heterocycles. The van der Waals surface area contributed by atoms with Gasteiger partial charge in [0.15, 0.2) is 0 Å². The minimum Gasteiger partial charge on any atom is -0.487 e. The number of nitriles is 1. The second-order valence-electron chi connectivity index (χ2n) is 6.75. The first-order valence-corrected chi connectivity index (χ1v) is 7.38. The average Bonchev–Trinajstić information content (AvgIpc) is 3.00. The van der Waals surface area contributed by atoms with Crippen LogP contribution in [0.4, 0.5) is 0 Å². The molecule has 1 fully saturated rings. The number of rotatable bonds is 2. The topological polar surface area (TPSA) is 53.2 Å². The summed E-state index contributed by atoms with van der Waals surface area (Å²) in [5.74, 6) is 0.798. The highest BCUT2D eigenvalue weighted by molar-refractivity contribution is 5.48. The molecular formula is C17H21NO2. The molecule has 1 saturated carbocycles. The van der Waals surface area contributed by atoms with Crippen LogP contribution in [0, 0.1) is 16.7 Å². The Morgan fingerprint density at radius 2 is 2.00 bits per heavy atom. The average molecular weight is 271 g/mol. The number of fused-ring (bicyclic) bond motifs is 1. The van der Waals surface area contributed by atoms with E-state index in [4.69, 9.17) is 4.74 Å². The summed E-state index contributed by atoms with van der Waals surface area (Å²) in [6.07, 6.45) is 3.69. The van der Waals surface area contributed by atoms with Gasteiger partial charge >= 0.3 is 0 Å². The first-order valence-electron chi connectivity index (χ1n) is 7.38. The minimum absolute atomic E-state index is 0.229. The van der Waals surface area contributed by atoms with Crippen LogP contribution in [0.25, 0.3) is 0 Å². The highest BCUT2D eigenvalue weighted by Crippen LogP contribution is 2.51. The van der Waals surface area contributed by atoms with Crippen LogP contribution in [-0.4, -0.2) is 10.7 Å². The molecule has 1 atom stereocenters. The van der Waals surface area contributed by atoms with E-state index in [1.807, 2.05) is 18.2 Å². The minimum atomic E-state index is -0.751. The van der Waals surface area contributed by atoms with Crippen molar-refractivity contribution in [3.8, 4) is 11.8 Å². The van der Waals surface area contributed by atoms with Gasteiger partial charge in [-0.05, 0) is 32.3 Å². The second-order valence-corrected chi connectivity index (χ2v) is 6.75. The Labute approximate surface area is 120 Å². The number of hydrogen-bond acceptors (Lipinski definition) is 3. The lowest BCUT2D eigenvalue weighted by molar-refractivity contribution is 0.0601. The van der Waals surface area contributed by atoms with Gasteiger partial charge in [0.25, 0.3) is 0 Å². The molecule has 2 aliphatic rings. The number of hydrogen-bond donors (Lipinski definition) is 1. The standard InChI is InChI=1S/C17H21NO2/c1-16(2)10-12-6-5-7-13(14(12)20-16)15(19)17(11-18)8-3-4-9-17/h5-7,15,19H,3-4,8-10H2,1-2H3. The van der Waals surface area contributed by atoms with Gasteiger partial charge in [-0.25, -0.2) is 0 Å². The lowest BCUT2D eigenvalue weighted by Crippen LogP contribution is -2.26. The zero-order valence-corrected chi connectivity index (χ0v) is 12.1. The molecule has 1 unspecified atom stereocenters. The van der Waals surface area contributed by atoms with Crippen molar-refractivity contribution in [2.24, 2.45) is 5.41 Å². The van der Waals surface area contributed by atoms with Gasteiger partial charge in [0.1, 0.15) is 17.5 Å². The van der Waals surface area contributed by atoms with Crippen LogP contribution in [-0.2, 0) is 6.42 Å². The number of para-hydroxylation sites is 1. The van der Waals surface area contributed by atoms with E-state index in [0.29, 0.717) is 0 Å². The van der Waals surface area contributed by atoms with E-state index >= 15 is 0 Å². The summed E-state index contributed by atoms with van der Waals surface area (Å²) in [6.45, 7) is 4.11.